The van der Waals surface area contributed by atoms with Gasteiger partial charge in [0, 0.05) is 17.1 Å². The van der Waals surface area contributed by atoms with Gasteiger partial charge in [0.05, 0.1) is 16.1 Å². The molecule has 146 valence electrons. The van der Waals surface area contributed by atoms with Gasteiger partial charge in [-0.15, -0.1) is 0 Å². The zero-order valence-corrected chi connectivity index (χ0v) is 14.6. The Bertz CT molecular complexity index is 1060. The summed E-state index contributed by atoms with van der Waals surface area (Å²) in [5, 5.41) is 3.05. The fraction of sp³-hybridized carbons (Fsp3) is 0.118. The van der Waals surface area contributed by atoms with Crippen LogP contribution in [0.1, 0.15) is 10.4 Å². The number of nitrogens with zero attached hydrogens (tertiary/aromatic N) is 2. The number of anilines is 2. The number of primary amides is 1. The van der Waals surface area contributed by atoms with Crippen molar-refractivity contribution in [2.45, 2.75) is 6.18 Å². The summed E-state index contributed by atoms with van der Waals surface area (Å²) in [6.07, 6.45) is -3.43. The van der Waals surface area contributed by atoms with Crippen molar-refractivity contribution in [2.24, 2.45) is 5.73 Å². The highest BCUT2D eigenvalue weighted by Crippen LogP contribution is 2.31. The number of halogens is 5. The number of ether oxygens (including phenoxy) is 1. The number of amides is 1. The number of alkyl halides is 3. The molecule has 0 aliphatic rings. The van der Waals surface area contributed by atoms with Gasteiger partial charge in [-0.1, -0.05) is 11.6 Å². The Labute approximate surface area is 160 Å². The monoisotopic (exact) mass is 414 g/mol. The Hall–Kier alpha value is -3.14. The van der Waals surface area contributed by atoms with Crippen LogP contribution in [-0.2, 0) is 0 Å². The molecule has 3 aromatic rings. The lowest BCUT2D eigenvalue weighted by atomic mass is 10.1. The maximum Gasteiger partial charge on any atom is 0.422 e. The topological polar surface area (TPSA) is 90.1 Å². The molecule has 6 nitrogen and oxygen atoms in total. The zero-order chi connectivity index (χ0) is 20.5. The quantitative estimate of drug-likeness (QED) is 0.610. The third-order valence-corrected chi connectivity index (χ3v) is 3.87. The van der Waals surface area contributed by atoms with E-state index in [1.807, 2.05) is 0 Å². The van der Waals surface area contributed by atoms with E-state index in [4.69, 9.17) is 22.1 Å². The molecule has 28 heavy (non-hydrogen) atoms. The first-order chi connectivity index (χ1) is 13.1. The normalized spacial score (nSPS) is 11.5. The minimum atomic E-state index is -4.59. The van der Waals surface area contributed by atoms with Gasteiger partial charge < -0.3 is 15.8 Å². The van der Waals surface area contributed by atoms with E-state index in [2.05, 4.69) is 15.3 Å². The Morgan fingerprint density at radius 2 is 1.96 bits per heavy atom. The number of hydrogen-bond donors (Lipinski definition) is 2. The Balaban J connectivity index is 2.04. The Kier molecular flexibility index (Phi) is 5.23. The molecule has 0 aliphatic heterocycles. The van der Waals surface area contributed by atoms with Crippen LogP contribution < -0.4 is 15.8 Å². The van der Waals surface area contributed by atoms with Crippen molar-refractivity contribution in [3.05, 3.63) is 53.1 Å². The van der Waals surface area contributed by atoms with Gasteiger partial charge in [-0.2, -0.15) is 13.2 Å². The third-order valence-electron chi connectivity index (χ3n) is 3.58. The summed E-state index contributed by atoms with van der Waals surface area (Å²) < 4.78 is 55.3. The predicted molar refractivity (Wildman–Crippen MR) is 94.3 cm³/mol. The van der Waals surface area contributed by atoms with Crippen LogP contribution >= 0.6 is 11.6 Å². The molecular formula is C17H11ClF4N4O2. The fourth-order valence-electron chi connectivity index (χ4n) is 2.37. The second-order valence-corrected chi connectivity index (χ2v) is 6.02. The number of fused-ring (bicyclic) bond motifs is 1. The van der Waals surface area contributed by atoms with E-state index in [0.717, 1.165) is 18.5 Å². The number of carbonyl (C=O) groups is 1. The van der Waals surface area contributed by atoms with Crippen molar-refractivity contribution in [2.75, 3.05) is 11.9 Å². The second-order valence-electron chi connectivity index (χ2n) is 5.61. The molecule has 0 saturated carbocycles. The first-order valence-electron chi connectivity index (χ1n) is 7.64. The lowest BCUT2D eigenvalue weighted by Gasteiger charge is -2.14. The van der Waals surface area contributed by atoms with E-state index in [1.165, 1.54) is 18.2 Å². The lowest BCUT2D eigenvalue weighted by molar-refractivity contribution is -0.153. The molecule has 0 atom stereocenters. The Morgan fingerprint density at radius 1 is 1.21 bits per heavy atom. The molecule has 3 rings (SSSR count). The molecule has 0 bridgehead atoms. The van der Waals surface area contributed by atoms with Gasteiger partial charge in [-0.3, -0.25) is 4.79 Å². The van der Waals surface area contributed by atoms with Crippen molar-refractivity contribution >= 4 is 39.9 Å². The van der Waals surface area contributed by atoms with Gasteiger partial charge >= 0.3 is 6.18 Å². The predicted octanol–water partition coefficient (Wildman–Crippen LogP) is 4.21. The zero-order valence-electron chi connectivity index (χ0n) is 13.8. The summed E-state index contributed by atoms with van der Waals surface area (Å²) in [4.78, 5) is 19.7. The smallest absolute Gasteiger partial charge is 0.422 e. The van der Waals surface area contributed by atoms with E-state index in [-0.39, 0.29) is 33.1 Å². The van der Waals surface area contributed by atoms with Gasteiger partial charge in [0.25, 0.3) is 5.91 Å². The molecule has 2 aromatic carbocycles. The number of benzene rings is 2. The van der Waals surface area contributed by atoms with E-state index < -0.39 is 24.5 Å². The van der Waals surface area contributed by atoms with Crippen molar-refractivity contribution in [3.63, 3.8) is 0 Å². The van der Waals surface area contributed by atoms with Crippen LogP contribution in [0.25, 0.3) is 10.9 Å². The summed E-state index contributed by atoms with van der Waals surface area (Å²) in [7, 11) is 0. The molecule has 0 aliphatic carbocycles. The molecule has 0 radical (unpaired) electrons. The van der Waals surface area contributed by atoms with Gasteiger partial charge in [0.2, 0.25) is 0 Å². The molecule has 0 spiro atoms. The van der Waals surface area contributed by atoms with Crippen molar-refractivity contribution in [3.8, 4) is 5.75 Å². The molecule has 1 amide bonds. The molecular weight excluding hydrogens is 404 g/mol. The van der Waals surface area contributed by atoms with Gasteiger partial charge in [0.1, 0.15) is 23.7 Å². The van der Waals surface area contributed by atoms with E-state index >= 15 is 0 Å². The number of nitrogens with two attached hydrogens (primary N) is 1. The highest BCUT2D eigenvalue weighted by Gasteiger charge is 2.29. The maximum absolute atomic E-state index is 13.3. The summed E-state index contributed by atoms with van der Waals surface area (Å²) >= 11 is 5.74. The molecule has 0 fully saturated rings. The summed E-state index contributed by atoms with van der Waals surface area (Å²) in [6, 6.07) is 6.25. The van der Waals surface area contributed by atoms with Crippen LogP contribution in [0.15, 0.2) is 36.7 Å². The van der Waals surface area contributed by atoms with Crippen molar-refractivity contribution in [1.29, 1.82) is 0 Å². The van der Waals surface area contributed by atoms with Crippen molar-refractivity contribution < 1.29 is 27.1 Å². The van der Waals surface area contributed by atoms with Crippen LogP contribution in [-0.4, -0.2) is 28.7 Å². The summed E-state index contributed by atoms with van der Waals surface area (Å²) in [6.45, 7) is -1.59. The lowest BCUT2D eigenvalue weighted by Crippen LogP contribution is -2.21. The molecule has 0 saturated heterocycles. The maximum atomic E-state index is 13.3. The van der Waals surface area contributed by atoms with Crippen LogP contribution in [0.5, 0.6) is 5.75 Å². The van der Waals surface area contributed by atoms with E-state index in [0.29, 0.717) is 5.69 Å². The number of carbonyl (C=O) groups excluding carboxylic acids is 1. The molecule has 1 heterocycles. The largest absolute Gasteiger partial charge is 0.483 e. The highest BCUT2D eigenvalue weighted by atomic mass is 35.5. The summed E-state index contributed by atoms with van der Waals surface area (Å²) in [5.74, 6) is -1.75. The minimum Gasteiger partial charge on any atom is -0.483 e. The van der Waals surface area contributed by atoms with Crippen LogP contribution in [0, 0.1) is 5.82 Å². The van der Waals surface area contributed by atoms with Crippen LogP contribution in [0.4, 0.5) is 29.1 Å². The number of hydrogen-bond acceptors (Lipinski definition) is 5. The van der Waals surface area contributed by atoms with E-state index in [1.54, 1.807) is 0 Å². The number of nitrogens with one attached hydrogen (secondary N) is 1. The first kappa shape index (κ1) is 19.6. The average Bonchev–Trinajstić information content (AvgIpc) is 2.62. The molecule has 3 N–H and O–H groups in total. The average molecular weight is 415 g/mol. The van der Waals surface area contributed by atoms with Crippen LogP contribution in [0.3, 0.4) is 0 Å². The van der Waals surface area contributed by atoms with Gasteiger partial charge in [-0.25, -0.2) is 14.4 Å². The van der Waals surface area contributed by atoms with Crippen LogP contribution in [0.2, 0.25) is 5.02 Å². The fourth-order valence-corrected chi connectivity index (χ4v) is 2.55. The second kappa shape index (κ2) is 7.47. The first-order valence-corrected chi connectivity index (χ1v) is 8.02. The van der Waals surface area contributed by atoms with E-state index in [9.17, 15) is 22.4 Å². The molecule has 11 heteroatoms. The summed E-state index contributed by atoms with van der Waals surface area (Å²) in [5.41, 5.74) is 5.59. The molecule has 1 aromatic heterocycles. The van der Waals surface area contributed by atoms with Gasteiger partial charge in [0.15, 0.2) is 6.61 Å². The third kappa shape index (κ3) is 4.39. The van der Waals surface area contributed by atoms with Gasteiger partial charge in [-0.05, 0) is 24.3 Å². The number of rotatable bonds is 5. The highest BCUT2D eigenvalue weighted by molar-refractivity contribution is 6.31. The number of aromatic nitrogens is 2. The Morgan fingerprint density at radius 3 is 2.61 bits per heavy atom. The molecule has 0 unspecified atom stereocenters. The standard InChI is InChI=1S/C17H11ClF4N4O2/c18-11-3-8(1-2-12(11)19)26-16-9-4-10(15(23)27)14(28-6-17(20,21)22)5-13(9)24-7-25-16/h1-5,7H,6H2,(H2,23,27)(H,24,25,26). The SMILES string of the molecule is NC(=O)c1cc2c(Nc3ccc(F)c(Cl)c3)ncnc2cc1OCC(F)(F)F. The van der Waals surface area contributed by atoms with Crippen molar-refractivity contribution in [1.82, 2.24) is 9.97 Å². The minimum absolute atomic E-state index is 0.121.